The van der Waals surface area contributed by atoms with Gasteiger partial charge in [0.2, 0.25) is 0 Å². The van der Waals surface area contributed by atoms with E-state index in [-0.39, 0.29) is 0 Å². The summed E-state index contributed by atoms with van der Waals surface area (Å²) in [5.74, 6) is 0.631. The van der Waals surface area contributed by atoms with Crippen LogP contribution in [0.25, 0.3) is 0 Å². The van der Waals surface area contributed by atoms with Crippen LogP contribution in [0.2, 0.25) is 0 Å². The van der Waals surface area contributed by atoms with Crippen LogP contribution in [-0.4, -0.2) is 38.0 Å². The Kier molecular flexibility index (Phi) is 6.76. The Morgan fingerprint density at radius 1 is 1.33 bits per heavy atom. The first-order valence-electron chi connectivity index (χ1n) is 4.51. The van der Waals surface area contributed by atoms with Gasteiger partial charge in [-0.3, -0.25) is 5.41 Å². The van der Waals surface area contributed by atoms with E-state index in [0.29, 0.717) is 12.4 Å². The third-order valence-electron chi connectivity index (χ3n) is 1.67. The number of hydrogen-bond acceptors (Lipinski definition) is 2. The first-order chi connectivity index (χ1) is 5.68. The average molecular weight is 172 g/mol. The van der Waals surface area contributed by atoms with Gasteiger partial charge in [0.1, 0.15) is 0 Å². The molecule has 0 radical (unpaired) electrons. The Morgan fingerprint density at radius 2 is 2.00 bits per heavy atom. The van der Waals surface area contributed by atoms with Crippen LogP contribution in [0.15, 0.2) is 0 Å². The lowest BCUT2D eigenvalue weighted by atomic mass is 10.3. The molecule has 72 valence electrons. The van der Waals surface area contributed by atoms with Crippen LogP contribution in [-0.2, 0) is 4.74 Å². The smallest absolute Gasteiger partial charge is 0.0975 e. The summed E-state index contributed by atoms with van der Waals surface area (Å²) in [6.45, 7) is 3.65. The minimum absolute atomic E-state index is 0.631. The molecule has 0 spiro atoms. The van der Waals surface area contributed by atoms with Gasteiger partial charge in [-0.2, -0.15) is 0 Å². The maximum absolute atomic E-state index is 7.47. The van der Waals surface area contributed by atoms with Gasteiger partial charge in [0.25, 0.3) is 0 Å². The third kappa shape index (κ3) is 6.16. The standard InChI is InChI=1S/C9H20N2O/c1-4-5-7-12-8-6-9(10)11(2)3/h10H,4-8H2,1-3H3. The van der Waals surface area contributed by atoms with Crippen molar-refractivity contribution in [2.75, 3.05) is 27.3 Å². The SMILES string of the molecule is CCCCOCCC(=N)N(C)C. The summed E-state index contributed by atoms with van der Waals surface area (Å²) >= 11 is 0. The van der Waals surface area contributed by atoms with Gasteiger partial charge < -0.3 is 9.64 Å². The number of ether oxygens (including phenoxy) is 1. The Labute approximate surface area is 75.2 Å². The molecule has 0 aliphatic rings. The maximum atomic E-state index is 7.47. The fraction of sp³-hybridized carbons (Fsp3) is 0.889. The second kappa shape index (κ2) is 7.10. The van der Waals surface area contributed by atoms with Crippen LogP contribution >= 0.6 is 0 Å². The van der Waals surface area contributed by atoms with Crippen LogP contribution in [0.5, 0.6) is 0 Å². The molecule has 0 saturated carbocycles. The fourth-order valence-electron chi connectivity index (χ4n) is 0.741. The van der Waals surface area contributed by atoms with Crippen molar-refractivity contribution >= 4 is 5.84 Å². The summed E-state index contributed by atoms with van der Waals surface area (Å²) in [6.07, 6.45) is 3.01. The highest BCUT2D eigenvalue weighted by molar-refractivity contribution is 5.78. The normalized spacial score (nSPS) is 9.92. The molecule has 0 aromatic rings. The van der Waals surface area contributed by atoms with Crippen molar-refractivity contribution in [3.63, 3.8) is 0 Å². The summed E-state index contributed by atoms with van der Waals surface area (Å²) in [4.78, 5) is 1.81. The highest BCUT2D eigenvalue weighted by Gasteiger charge is 1.97. The van der Waals surface area contributed by atoms with Gasteiger partial charge in [-0.15, -0.1) is 0 Å². The van der Waals surface area contributed by atoms with Crippen molar-refractivity contribution in [2.24, 2.45) is 0 Å². The van der Waals surface area contributed by atoms with E-state index in [1.165, 1.54) is 6.42 Å². The zero-order valence-corrected chi connectivity index (χ0v) is 8.39. The quantitative estimate of drug-likeness (QED) is 0.376. The first kappa shape index (κ1) is 11.4. The number of hydrogen-bond donors (Lipinski definition) is 1. The summed E-state index contributed by atoms with van der Waals surface area (Å²) in [7, 11) is 3.77. The van der Waals surface area contributed by atoms with E-state index in [0.717, 1.165) is 19.4 Å². The second-order valence-electron chi connectivity index (χ2n) is 3.06. The summed E-state index contributed by atoms with van der Waals surface area (Å²) < 4.78 is 5.33. The molecule has 0 aromatic heterocycles. The Hall–Kier alpha value is -0.570. The lowest BCUT2D eigenvalue weighted by Gasteiger charge is -2.13. The molecule has 0 fully saturated rings. The molecule has 3 heteroatoms. The summed E-state index contributed by atoms with van der Waals surface area (Å²) in [6, 6.07) is 0. The Balaban J connectivity index is 3.14. The molecule has 3 nitrogen and oxygen atoms in total. The Morgan fingerprint density at radius 3 is 2.50 bits per heavy atom. The van der Waals surface area contributed by atoms with Gasteiger partial charge >= 0.3 is 0 Å². The van der Waals surface area contributed by atoms with Crippen LogP contribution in [0, 0.1) is 5.41 Å². The molecule has 1 N–H and O–H groups in total. The van der Waals surface area contributed by atoms with Crippen LogP contribution < -0.4 is 0 Å². The van der Waals surface area contributed by atoms with Crippen molar-refractivity contribution in [1.82, 2.24) is 4.90 Å². The maximum Gasteiger partial charge on any atom is 0.0975 e. The molecule has 0 atom stereocenters. The van der Waals surface area contributed by atoms with Crippen molar-refractivity contribution < 1.29 is 4.74 Å². The molecule has 0 amide bonds. The number of nitrogens with zero attached hydrogens (tertiary/aromatic N) is 1. The molecule has 0 aliphatic carbocycles. The van der Waals surface area contributed by atoms with Gasteiger partial charge in [0.15, 0.2) is 0 Å². The van der Waals surface area contributed by atoms with E-state index >= 15 is 0 Å². The third-order valence-corrected chi connectivity index (χ3v) is 1.67. The van der Waals surface area contributed by atoms with Gasteiger partial charge in [-0.05, 0) is 6.42 Å². The second-order valence-corrected chi connectivity index (χ2v) is 3.06. The van der Waals surface area contributed by atoms with Crippen LogP contribution in [0.1, 0.15) is 26.2 Å². The van der Waals surface area contributed by atoms with Gasteiger partial charge in [0.05, 0.1) is 12.4 Å². The minimum atomic E-state index is 0.631. The van der Waals surface area contributed by atoms with Crippen LogP contribution in [0.4, 0.5) is 0 Å². The highest BCUT2D eigenvalue weighted by atomic mass is 16.5. The van der Waals surface area contributed by atoms with E-state index in [9.17, 15) is 0 Å². The lowest BCUT2D eigenvalue weighted by Crippen LogP contribution is -2.22. The molecule has 0 unspecified atom stereocenters. The van der Waals surface area contributed by atoms with E-state index in [1.54, 1.807) is 0 Å². The summed E-state index contributed by atoms with van der Waals surface area (Å²) in [5, 5.41) is 7.47. The molecule has 0 heterocycles. The van der Waals surface area contributed by atoms with E-state index in [2.05, 4.69) is 6.92 Å². The van der Waals surface area contributed by atoms with Gasteiger partial charge in [0, 0.05) is 27.1 Å². The molecular weight excluding hydrogens is 152 g/mol. The van der Waals surface area contributed by atoms with Crippen molar-refractivity contribution in [3.8, 4) is 0 Å². The molecule has 0 aromatic carbocycles. The van der Waals surface area contributed by atoms with E-state index in [1.807, 2.05) is 19.0 Å². The van der Waals surface area contributed by atoms with Crippen molar-refractivity contribution in [2.45, 2.75) is 26.2 Å². The van der Waals surface area contributed by atoms with E-state index in [4.69, 9.17) is 10.1 Å². The lowest BCUT2D eigenvalue weighted by molar-refractivity contribution is 0.136. The highest BCUT2D eigenvalue weighted by Crippen LogP contribution is 1.92. The van der Waals surface area contributed by atoms with Gasteiger partial charge in [-0.25, -0.2) is 0 Å². The Bertz CT molecular complexity index is 124. The first-order valence-corrected chi connectivity index (χ1v) is 4.51. The zero-order chi connectivity index (χ0) is 9.40. The fourth-order valence-corrected chi connectivity index (χ4v) is 0.741. The van der Waals surface area contributed by atoms with Crippen molar-refractivity contribution in [3.05, 3.63) is 0 Å². The monoisotopic (exact) mass is 172 g/mol. The minimum Gasteiger partial charge on any atom is -0.381 e. The van der Waals surface area contributed by atoms with Crippen molar-refractivity contribution in [1.29, 1.82) is 5.41 Å². The topological polar surface area (TPSA) is 36.3 Å². The molecular formula is C9H20N2O. The summed E-state index contributed by atoms with van der Waals surface area (Å²) in [5.41, 5.74) is 0. The predicted octanol–water partition coefficient (Wildman–Crippen LogP) is 1.73. The average Bonchev–Trinajstić information content (AvgIpc) is 2.03. The largest absolute Gasteiger partial charge is 0.381 e. The molecule has 12 heavy (non-hydrogen) atoms. The number of rotatable bonds is 6. The number of nitrogens with one attached hydrogen (secondary N) is 1. The molecule has 0 aliphatic heterocycles. The molecule has 0 rings (SSSR count). The van der Waals surface area contributed by atoms with Crippen LogP contribution in [0.3, 0.4) is 0 Å². The zero-order valence-electron chi connectivity index (χ0n) is 8.39. The molecule has 0 bridgehead atoms. The molecule has 0 saturated heterocycles. The predicted molar refractivity (Wildman–Crippen MR) is 51.8 cm³/mol. The van der Waals surface area contributed by atoms with Gasteiger partial charge in [-0.1, -0.05) is 13.3 Å². The number of amidine groups is 1. The van der Waals surface area contributed by atoms with E-state index < -0.39 is 0 Å². The number of unbranched alkanes of at least 4 members (excludes halogenated alkanes) is 1.